The van der Waals surface area contributed by atoms with Gasteiger partial charge in [-0.2, -0.15) is 8.78 Å². The summed E-state index contributed by atoms with van der Waals surface area (Å²) >= 11 is 4.85. The lowest BCUT2D eigenvalue weighted by Gasteiger charge is -2.28. The molecule has 1 atom stereocenters. The van der Waals surface area contributed by atoms with Gasteiger partial charge in [-0.15, -0.1) is 0 Å². The summed E-state index contributed by atoms with van der Waals surface area (Å²) in [5.41, 5.74) is -1.21. The Morgan fingerprint density at radius 1 is 1.27 bits per heavy atom. The minimum absolute atomic E-state index is 0.111. The van der Waals surface area contributed by atoms with Crippen molar-refractivity contribution in [1.29, 1.82) is 0 Å². The van der Waals surface area contributed by atoms with E-state index in [1.165, 1.54) is 12.1 Å². The molecule has 0 radical (unpaired) electrons. The van der Waals surface area contributed by atoms with Crippen LogP contribution in [0.4, 0.5) is 8.78 Å². The fraction of sp³-hybridized carbons (Fsp3) is 0.455. The molecule has 0 aliphatic rings. The molecule has 0 heterocycles. The summed E-state index contributed by atoms with van der Waals surface area (Å²) in [5, 5.41) is 5.92. The van der Waals surface area contributed by atoms with Crippen LogP contribution in [-0.4, -0.2) is 10.5 Å². The molecule has 0 fully saturated rings. The van der Waals surface area contributed by atoms with Crippen molar-refractivity contribution in [3.05, 3.63) is 35.4 Å². The van der Waals surface area contributed by atoms with Gasteiger partial charge in [0.2, 0.25) is 0 Å². The van der Waals surface area contributed by atoms with Gasteiger partial charge < -0.3 is 5.11 Å². The van der Waals surface area contributed by atoms with Gasteiger partial charge in [0.1, 0.15) is 0 Å². The molecule has 1 aromatic rings. The van der Waals surface area contributed by atoms with Crippen LogP contribution in [0.25, 0.3) is 0 Å². The fourth-order valence-electron chi connectivity index (χ4n) is 1.23. The summed E-state index contributed by atoms with van der Waals surface area (Å²) in [6.45, 7) is 2.96. The van der Waals surface area contributed by atoms with Crippen molar-refractivity contribution in [1.82, 2.24) is 0 Å². The highest BCUT2D eigenvalue weighted by molar-refractivity contribution is 6.22. The lowest BCUT2D eigenvalue weighted by Crippen LogP contribution is -2.38. The predicted octanol–water partition coefficient (Wildman–Crippen LogP) is 3.29. The minimum Gasteiger partial charge on any atom is -0.378 e. The highest BCUT2D eigenvalue weighted by Gasteiger charge is 2.48. The van der Waals surface area contributed by atoms with Gasteiger partial charge in [0.25, 0.3) is 0 Å². The fourth-order valence-corrected chi connectivity index (χ4v) is 1.34. The number of halogens is 3. The quantitative estimate of drug-likeness (QED) is 0.796. The number of aliphatic hydroxyl groups is 1. The van der Waals surface area contributed by atoms with Gasteiger partial charge in [-0.1, -0.05) is 31.2 Å². The molecule has 15 heavy (non-hydrogen) atoms. The second-order valence-electron chi connectivity index (χ2n) is 3.62. The molecule has 0 amide bonds. The zero-order chi connectivity index (χ0) is 11.7. The molecule has 0 saturated heterocycles. The van der Waals surface area contributed by atoms with Crippen molar-refractivity contribution in [2.75, 3.05) is 0 Å². The summed E-state index contributed by atoms with van der Waals surface area (Å²) in [4.78, 5) is 0. The topological polar surface area (TPSA) is 20.2 Å². The molecule has 1 N–H and O–H groups in total. The molecule has 1 nitrogen and oxygen atoms in total. The Hall–Kier alpha value is -0.670. The highest BCUT2D eigenvalue weighted by atomic mass is 35.5. The highest BCUT2D eigenvalue weighted by Crippen LogP contribution is 2.40. The van der Waals surface area contributed by atoms with Gasteiger partial charge in [0.05, 0.1) is 0 Å². The molecule has 0 spiro atoms. The van der Waals surface area contributed by atoms with Crippen molar-refractivity contribution >= 4 is 11.6 Å². The van der Waals surface area contributed by atoms with E-state index in [0.29, 0.717) is 0 Å². The molecule has 0 aliphatic heterocycles. The van der Waals surface area contributed by atoms with Crippen LogP contribution < -0.4 is 0 Å². The smallest absolute Gasteiger partial charge is 0.353 e. The van der Waals surface area contributed by atoms with Crippen LogP contribution in [0.15, 0.2) is 24.3 Å². The summed E-state index contributed by atoms with van der Waals surface area (Å²) in [7, 11) is 0. The van der Waals surface area contributed by atoms with E-state index in [2.05, 4.69) is 0 Å². The van der Waals surface area contributed by atoms with Gasteiger partial charge in [-0.3, -0.25) is 0 Å². The number of alkyl halides is 3. The third-order valence-electron chi connectivity index (χ3n) is 2.48. The maximum absolute atomic E-state index is 12.9. The SMILES string of the molecule is CCc1ccc(C(C)(O)C(F)(F)Cl)cc1. The molecular formula is C11H13ClF2O. The van der Waals surface area contributed by atoms with Crippen LogP contribution in [0.1, 0.15) is 25.0 Å². The maximum atomic E-state index is 12.9. The van der Waals surface area contributed by atoms with Gasteiger partial charge in [-0.05, 0) is 36.1 Å². The lowest BCUT2D eigenvalue weighted by atomic mass is 9.95. The Kier molecular flexibility index (Phi) is 3.36. The number of benzene rings is 1. The zero-order valence-corrected chi connectivity index (χ0v) is 9.35. The van der Waals surface area contributed by atoms with Crippen molar-refractivity contribution in [2.24, 2.45) is 0 Å². The number of rotatable bonds is 3. The molecule has 84 valence electrons. The first-order valence-electron chi connectivity index (χ1n) is 4.67. The van der Waals surface area contributed by atoms with Gasteiger partial charge in [0.15, 0.2) is 5.60 Å². The molecule has 0 aliphatic carbocycles. The van der Waals surface area contributed by atoms with Crippen molar-refractivity contribution in [3.63, 3.8) is 0 Å². The van der Waals surface area contributed by atoms with E-state index in [4.69, 9.17) is 11.6 Å². The Morgan fingerprint density at radius 3 is 2.07 bits per heavy atom. The standard InChI is InChI=1S/C11H13ClF2O/c1-3-8-4-6-9(7-5-8)10(2,15)11(12,13)14/h4-7,15H,3H2,1-2H3. The predicted molar refractivity (Wildman–Crippen MR) is 56.2 cm³/mol. The first-order valence-corrected chi connectivity index (χ1v) is 5.05. The van der Waals surface area contributed by atoms with E-state index in [-0.39, 0.29) is 5.56 Å². The molecule has 1 unspecified atom stereocenters. The summed E-state index contributed by atoms with van der Waals surface area (Å²) < 4.78 is 25.8. The van der Waals surface area contributed by atoms with E-state index < -0.39 is 11.0 Å². The molecular weight excluding hydrogens is 222 g/mol. The first-order chi connectivity index (χ1) is 6.79. The molecule has 4 heteroatoms. The van der Waals surface area contributed by atoms with Crippen LogP contribution in [-0.2, 0) is 12.0 Å². The van der Waals surface area contributed by atoms with E-state index in [9.17, 15) is 13.9 Å². The molecule has 0 bridgehead atoms. The molecule has 1 aromatic carbocycles. The minimum atomic E-state index is -3.68. The maximum Gasteiger partial charge on any atom is 0.353 e. The largest absolute Gasteiger partial charge is 0.378 e. The van der Waals surface area contributed by atoms with Crippen molar-refractivity contribution in [2.45, 2.75) is 31.3 Å². The third-order valence-corrected chi connectivity index (χ3v) is 2.84. The summed E-state index contributed by atoms with van der Waals surface area (Å²) in [6.07, 6.45) is 0.819. The average Bonchev–Trinajstić information content (AvgIpc) is 2.16. The lowest BCUT2D eigenvalue weighted by molar-refractivity contribution is -0.120. The Balaban J connectivity index is 3.06. The molecule has 1 rings (SSSR count). The Morgan fingerprint density at radius 2 is 1.73 bits per heavy atom. The van der Waals surface area contributed by atoms with E-state index in [1.54, 1.807) is 12.1 Å². The molecule has 0 aromatic heterocycles. The van der Waals surface area contributed by atoms with Crippen LogP contribution >= 0.6 is 11.6 Å². The zero-order valence-electron chi connectivity index (χ0n) is 8.60. The van der Waals surface area contributed by atoms with E-state index in [1.807, 2.05) is 6.92 Å². The van der Waals surface area contributed by atoms with Gasteiger partial charge in [-0.25, -0.2) is 0 Å². The van der Waals surface area contributed by atoms with Gasteiger partial charge >= 0.3 is 5.38 Å². The normalized spacial score (nSPS) is 16.1. The van der Waals surface area contributed by atoms with E-state index in [0.717, 1.165) is 18.9 Å². The number of aryl methyl sites for hydroxylation is 1. The van der Waals surface area contributed by atoms with E-state index >= 15 is 0 Å². The number of hydrogen-bond acceptors (Lipinski definition) is 1. The first kappa shape index (κ1) is 12.4. The van der Waals surface area contributed by atoms with Crippen LogP contribution in [0.5, 0.6) is 0 Å². The Bertz CT molecular complexity index is 327. The van der Waals surface area contributed by atoms with Crippen molar-refractivity contribution < 1.29 is 13.9 Å². The third kappa shape index (κ3) is 2.47. The Labute approximate surface area is 92.7 Å². The number of hydrogen-bond donors (Lipinski definition) is 1. The van der Waals surface area contributed by atoms with Crippen LogP contribution in [0.2, 0.25) is 0 Å². The second kappa shape index (κ2) is 4.06. The molecule has 0 saturated carbocycles. The summed E-state index contributed by atoms with van der Waals surface area (Å²) in [6, 6.07) is 6.34. The van der Waals surface area contributed by atoms with Crippen LogP contribution in [0, 0.1) is 0 Å². The monoisotopic (exact) mass is 234 g/mol. The van der Waals surface area contributed by atoms with Gasteiger partial charge in [0, 0.05) is 0 Å². The average molecular weight is 235 g/mol. The second-order valence-corrected chi connectivity index (χ2v) is 4.10. The van der Waals surface area contributed by atoms with Crippen molar-refractivity contribution in [3.8, 4) is 0 Å². The summed E-state index contributed by atoms with van der Waals surface area (Å²) in [5.74, 6) is 0. The van der Waals surface area contributed by atoms with Crippen LogP contribution in [0.3, 0.4) is 0 Å².